The topological polar surface area (TPSA) is 9.23 Å². The van der Waals surface area contributed by atoms with Crippen LogP contribution in [-0.4, -0.2) is 7.11 Å². The molecule has 0 saturated heterocycles. The maximum Gasteiger partial charge on any atom is 0.132 e. The Morgan fingerprint density at radius 3 is 2.59 bits per heavy atom. The largest absolute Gasteiger partial charge is 0.496 e. The summed E-state index contributed by atoms with van der Waals surface area (Å²) in [5.74, 6) is 0.390. The Hall–Kier alpha value is -1.48. The van der Waals surface area contributed by atoms with Crippen molar-refractivity contribution in [3.05, 3.63) is 47.8 Å². The van der Waals surface area contributed by atoms with Crippen LogP contribution >= 0.6 is 12.6 Å². The van der Waals surface area contributed by atoms with Crippen molar-refractivity contribution in [2.45, 2.75) is 11.8 Å². The molecule has 0 unspecified atom stereocenters. The van der Waals surface area contributed by atoms with Crippen molar-refractivity contribution < 1.29 is 9.13 Å². The van der Waals surface area contributed by atoms with Gasteiger partial charge in [-0.2, -0.15) is 0 Å². The molecule has 0 heterocycles. The van der Waals surface area contributed by atoms with Gasteiger partial charge in [0, 0.05) is 16.0 Å². The summed E-state index contributed by atoms with van der Waals surface area (Å²) in [7, 11) is 1.59. The Kier molecular flexibility index (Phi) is 3.38. The van der Waals surface area contributed by atoms with E-state index in [1.54, 1.807) is 19.2 Å². The molecule has 2 aromatic rings. The van der Waals surface area contributed by atoms with Gasteiger partial charge in [0.25, 0.3) is 0 Å². The zero-order chi connectivity index (χ0) is 12.4. The minimum absolute atomic E-state index is 0.287. The molecule has 0 aromatic heterocycles. The first-order valence-corrected chi connectivity index (χ1v) is 5.70. The third-order valence-corrected chi connectivity index (χ3v) is 2.95. The molecule has 0 atom stereocenters. The lowest BCUT2D eigenvalue weighted by molar-refractivity contribution is 0.416. The van der Waals surface area contributed by atoms with E-state index in [1.807, 2.05) is 25.1 Å². The van der Waals surface area contributed by atoms with Crippen molar-refractivity contribution in [3.63, 3.8) is 0 Å². The Balaban J connectivity index is 2.67. The maximum atomic E-state index is 13.9. The highest BCUT2D eigenvalue weighted by molar-refractivity contribution is 7.80. The molecule has 0 bridgehead atoms. The minimum Gasteiger partial charge on any atom is -0.496 e. The zero-order valence-electron chi connectivity index (χ0n) is 9.70. The lowest BCUT2D eigenvalue weighted by atomic mass is 9.99. The summed E-state index contributed by atoms with van der Waals surface area (Å²) >= 11 is 4.12. The van der Waals surface area contributed by atoms with E-state index in [0.29, 0.717) is 16.2 Å². The van der Waals surface area contributed by atoms with Crippen LogP contribution in [0.3, 0.4) is 0 Å². The van der Waals surface area contributed by atoms with Crippen LogP contribution in [0.25, 0.3) is 11.1 Å². The Labute approximate surface area is 106 Å². The van der Waals surface area contributed by atoms with E-state index in [0.717, 1.165) is 11.1 Å². The molecule has 2 rings (SSSR count). The minimum atomic E-state index is -0.287. The van der Waals surface area contributed by atoms with Gasteiger partial charge in [0.05, 0.1) is 7.11 Å². The molecule has 0 aliphatic heterocycles. The monoisotopic (exact) mass is 248 g/mol. The standard InChI is InChI=1S/C14H13FOS/c1-9-4-3-5-13(16-2)14(9)11-7-6-10(17)8-12(11)15/h3-8,17H,1-2H3. The van der Waals surface area contributed by atoms with Gasteiger partial charge < -0.3 is 4.74 Å². The van der Waals surface area contributed by atoms with E-state index in [1.165, 1.54) is 6.07 Å². The Morgan fingerprint density at radius 1 is 1.18 bits per heavy atom. The average molecular weight is 248 g/mol. The van der Waals surface area contributed by atoms with Gasteiger partial charge in [0.2, 0.25) is 0 Å². The molecule has 0 spiro atoms. The van der Waals surface area contributed by atoms with Gasteiger partial charge in [-0.05, 0) is 30.7 Å². The number of halogens is 1. The molecule has 0 radical (unpaired) electrons. The van der Waals surface area contributed by atoms with E-state index in [2.05, 4.69) is 12.6 Å². The fourth-order valence-corrected chi connectivity index (χ4v) is 2.05. The highest BCUT2D eigenvalue weighted by Gasteiger charge is 2.12. The predicted molar refractivity (Wildman–Crippen MR) is 70.4 cm³/mol. The van der Waals surface area contributed by atoms with Crippen molar-refractivity contribution in [1.29, 1.82) is 0 Å². The van der Waals surface area contributed by atoms with Crippen LogP contribution in [-0.2, 0) is 0 Å². The number of hydrogen-bond donors (Lipinski definition) is 1. The van der Waals surface area contributed by atoms with Gasteiger partial charge in [0.1, 0.15) is 11.6 Å². The van der Waals surface area contributed by atoms with E-state index >= 15 is 0 Å². The molecule has 0 saturated carbocycles. The van der Waals surface area contributed by atoms with Crippen molar-refractivity contribution in [3.8, 4) is 16.9 Å². The maximum absolute atomic E-state index is 13.9. The van der Waals surface area contributed by atoms with Crippen LogP contribution in [0.4, 0.5) is 4.39 Å². The molecule has 2 aromatic carbocycles. The zero-order valence-corrected chi connectivity index (χ0v) is 10.6. The van der Waals surface area contributed by atoms with Gasteiger partial charge in [-0.25, -0.2) is 4.39 Å². The Morgan fingerprint density at radius 2 is 1.94 bits per heavy atom. The second kappa shape index (κ2) is 4.80. The number of benzene rings is 2. The lowest BCUT2D eigenvalue weighted by Crippen LogP contribution is -1.93. The number of methoxy groups -OCH3 is 1. The smallest absolute Gasteiger partial charge is 0.132 e. The SMILES string of the molecule is COc1cccc(C)c1-c1ccc(S)cc1F. The van der Waals surface area contributed by atoms with Crippen molar-refractivity contribution in [1.82, 2.24) is 0 Å². The Bertz CT molecular complexity index is 552. The molecule has 1 nitrogen and oxygen atoms in total. The first-order valence-electron chi connectivity index (χ1n) is 5.26. The second-order valence-electron chi connectivity index (χ2n) is 3.82. The first-order chi connectivity index (χ1) is 8.13. The number of ether oxygens (including phenoxy) is 1. The number of hydrogen-bond acceptors (Lipinski definition) is 2. The molecule has 88 valence electrons. The van der Waals surface area contributed by atoms with Crippen molar-refractivity contribution in [2.24, 2.45) is 0 Å². The van der Waals surface area contributed by atoms with Crippen LogP contribution in [0.5, 0.6) is 5.75 Å². The summed E-state index contributed by atoms with van der Waals surface area (Å²) in [5, 5.41) is 0. The molecule has 17 heavy (non-hydrogen) atoms. The van der Waals surface area contributed by atoms with Crippen molar-refractivity contribution >= 4 is 12.6 Å². The van der Waals surface area contributed by atoms with E-state index in [-0.39, 0.29) is 5.82 Å². The molecule has 0 amide bonds. The van der Waals surface area contributed by atoms with Gasteiger partial charge >= 0.3 is 0 Å². The van der Waals surface area contributed by atoms with E-state index < -0.39 is 0 Å². The highest BCUT2D eigenvalue weighted by atomic mass is 32.1. The lowest BCUT2D eigenvalue weighted by Gasteiger charge is -2.12. The van der Waals surface area contributed by atoms with E-state index in [9.17, 15) is 4.39 Å². The summed E-state index contributed by atoms with van der Waals surface area (Å²) in [6.07, 6.45) is 0. The molecule has 0 fully saturated rings. The summed E-state index contributed by atoms with van der Waals surface area (Å²) in [6, 6.07) is 10.6. The molecule has 0 aliphatic rings. The number of thiol groups is 1. The third kappa shape index (κ3) is 2.29. The third-order valence-electron chi connectivity index (χ3n) is 2.68. The van der Waals surface area contributed by atoms with Crippen LogP contribution in [0.15, 0.2) is 41.3 Å². The summed E-state index contributed by atoms with van der Waals surface area (Å²) < 4.78 is 19.2. The fraction of sp³-hybridized carbons (Fsp3) is 0.143. The average Bonchev–Trinajstić information content (AvgIpc) is 2.30. The van der Waals surface area contributed by atoms with Crippen LogP contribution in [0.1, 0.15) is 5.56 Å². The van der Waals surface area contributed by atoms with Gasteiger partial charge in [-0.1, -0.05) is 18.2 Å². The fourth-order valence-electron chi connectivity index (χ4n) is 1.86. The van der Waals surface area contributed by atoms with Crippen LogP contribution in [0, 0.1) is 12.7 Å². The quantitative estimate of drug-likeness (QED) is 0.787. The van der Waals surface area contributed by atoms with Crippen LogP contribution < -0.4 is 4.74 Å². The van der Waals surface area contributed by atoms with Crippen LogP contribution in [0.2, 0.25) is 0 Å². The summed E-state index contributed by atoms with van der Waals surface area (Å²) in [5.41, 5.74) is 2.31. The number of rotatable bonds is 2. The summed E-state index contributed by atoms with van der Waals surface area (Å²) in [4.78, 5) is 0.610. The highest BCUT2D eigenvalue weighted by Crippen LogP contribution is 2.35. The molecular weight excluding hydrogens is 235 g/mol. The second-order valence-corrected chi connectivity index (χ2v) is 4.33. The number of aryl methyl sites for hydroxylation is 1. The van der Waals surface area contributed by atoms with Gasteiger partial charge in [-0.3, -0.25) is 0 Å². The first kappa shape index (κ1) is 12.0. The molecule has 3 heteroatoms. The normalized spacial score (nSPS) is 10.4. The molecular formula is C14H13FOS. The van der Waals surface area contributed by atoms with E-state index in [4.69, 9.17) is 4.74 Å². The predicted octanol–water partition coefficient (Wildman–Crippen LogP) is 4.10. The molecule has 0 N–H and O–H groups in total. The van der Waals surface area contributed by atoms with Gasteiger partial charge in [0.15, 0.2) is 0 Å². The summed E-state index contributed by atoms with van der Waals surface area (Å²) in [6.45, 7) is 1.94. The van der Waals surface area contributed by atoms with Crippen molar-refractivity contribution in [2.75, 3.05) is 7.11 Å². The molecule has 0 aliphatic carbocycles. The van der Waals surface area contributed by atoms with Gasteiger partial charge in [-0.15, -0.1) is 12.6 Å².